The second kappa shape index (κ2) is 5.29. The molecule has 0 aromatic carbocycles. The van der Waals surface area contributed by atoms with Gasteiger partial charge in [-0.25, -0.2) is 4.98 Å². The summed E-state index contributed by atoms with van der Waals surface area (Å²) in [5.74, 6) is 0.940. The van der Waals surface area contributed by atoms with Crippen molar-refractivity contribution < 1.29 is 4.74 Å². The zero-order valence-electron chi connectivity index (χ0n) is 9.52. The van der Waals surface area contributed by atoms with Crippen LogP contribution < -0.4 is 10.6 Å². The largest absolute Gasteiger partial charge is 0.391 e. The predicted octanol–water partition coefficient (Wildman–Crippen LogP) is 1.64. The molecule has 0 bridgehead atoms. The molecule has 1 aliphatic heterocycles. The van der Waals surface area contributed by atoms with Crippen LogP contribution in [0.4, 0.5) is 5.82 Å². The fourth-order valence-corrected chi connectivity index (χ4v) is 2.10. The van der Waals surface area contributed by atoms with E-state index < -0.39 is 0 Å². The Morgan fingerprint density at radius 3 is 3.06 bits per heavy atom. The van der Waals surface area contributed by atoms with Gasteiger partial charge in [0.1, 0.15) is 16.9 Å². The van der Waals surface area contributed by atoms with E-state index in [1.165, 1.54) is 0 Å². The highest BCUT2D eigenvalue weighted by Crippen LogP contribution is 2.20. The summed E-state index contributed by atoms with van der Waals surface area (Å²) >= 11 is 8.41. The van der Waals surface area contributed by atoms with Crippen molar-refractivity contribution >= 4 is 39.0 Å². The minimum Gasteiger partial charge on any atom is -0.391 e. The third kappa shape index (κ3) is 2.94. The minimum absolute atomic E-state index is 0.176. The van der Waals surface area contributed by atoms with Gasteiger partial charge in [0.25, 0.3) is 0 Å². The molecular weight excluding hydrogens is 302 g/mol. The van der Waals surface area contributed by atoms with Gasteiger partial charge in [0, 0.05) is 11.0 Å². The van der Waals surface area contributed by atoms with Crippen molar-refractivity contribution in [3.05, 3.63) is 22.3 Å². The van der Waals surface area contributed by atoms with E-state index in [1.807, 2.05) is 19.1 Å². The molecule has 92 valence electrons. The molecule has 0 radical (unpaired) electrons. The Morgan fingerprint density at radius 2 is 2.41 bits per heavy atom. The van der Waals surface area contributed by atoms with Gasteiger partial charge in [0.2, 0.25) is 0 Å². The van der Waals surface area contributed by atoms with Crippen molar-refractivity contribution in [1.29, 1.82) is 0 Å². The van der Waals surface area contributed by atoms with E-state index in [2.05, 4.69) is 25.8 Å². The Balaban J connectivity index is 2.16. The summed E-state index contributed by atoms with van der Waals surface area (Å²) in [5, 5.41) is 0. The average Bonchev–Trinajstić information content (AvgIpc) is 2.33. The van der Waals surface area contributed by atoms with Crippen molar-refractivity contribution in [1.82, 2.24) is 4.98 Å². The SMILES string of the molecule is Cc1nc(N2CCOC(C(N)=S)C2)ccc1Br. The van der Waals surface area contributed by atoms with Crippen molar-refractivity contribution in [2.24, 2.45) is 5.73 Å². The summed E-state index contributed by atoms with van der Waals surface area (Å²) in [5.41, 5.74) is 6.59. The van der Waals surface area contributed by atoms with E-state index in [9.17, 15) is 0 Å². The standard InChI is InChI=1S/C11H14BrN3OS/c1-7-8(12)2-3-10(14-7)15-4-5-16-9(6-15)11(13)17/h2-3,9H,4-6H2,1H3,(H2,13,17). The quantitative estimate of drug-likeness (QED) is 0.841. The molecule has 6 heteroatoms. The highest BCUT2D eigenvalue weighted by molar-refractivity contribution is 9.10. The van der Waals surface area contributed by atoms with Gasteiger partial charge in [0.15, 0.2) is 0 Å². The van der Waals surface area contributed by atoms with Crippen molar-refractivity contribution in [2.45, 2.75) is 13.0 Å². The molecule has 0 saturated carbocycles. The molecule has 17 heavy (non-hydrogen) atoms. The maximum absolute atomic E-state index is 5.61. The normalized spacial score (nSPS) is 20.4. The van der Waals surface area contributed by atoms with Crippen molar-refractivity contribution in [2.75, 3.05) is 24.6 Å². The zero-order valence-corrected chi connectivity index (χ0v) is 11.9. The summed E-state index contributed by atoms with van der Waals surface area (Å²) < 4.78 is 6.51. The first-order chi connectivity index (χ1) is 8.08. The number of morpholine rings is 1. The summed E-state index contributed by atoms with van der Waals surface area (Å²) in [6, 6.07) is 3.99. The van der Waals surface area contributed by atoms with E-state index >= 15 is 0 Å². The number of pyridine rings is 1. The van der Waals surface area contributed by atoms with E-state index in [4.69, 9.17) is 22.7 Å². The molecule has 1 aliphatic rings. The van der Waals surface area contributed by atoms with Gasteiger partial charge >= 0.3 is 0 Å². The summed E-state index contributed by atoms with van der Waals surface area (Å²) in [6.45, 7) is 4.08. The molecule has 1 aromatic rings. The zero-order chi connectivity index (χ0) is 12.4. The fraction of sp³-hybridized carbons (Fsp3) is 0.455. The monoisotopic (exact) mass is 315 g/mol. The number of anilines is 1. The molecule has 1 saturated heterocycles. The Kier molecular flexibility index (Phi) is 3.96. The topological polar surface area (TPSA) is 51.4 Å². The second-order valence-electron chi connectivity index (χ2n) is 3.94. The Morgan fingerprint density at radius 1 is 1.65 bits per heavy atom. The fourth-order valence-electron chi connectivity index (χ4n) is 1.74. The van der Waals surface area contributed by atoms with Crippen LogP contribution in [0, 0.1) is 6.92 Å². The first-order valence-electron chi connectivity index (χ1n) is 5.37. The number of hydrogen-bond donors (Lipinski definition) is 1. The third-order valence-electron chi connectivity index (χ3n) is 2.71. The highest BCUT2D eigenvalue weighted by atomic mass is 79.9. The number of aryl methyl sites for hydroxylation is 1. The summed E-state index contributed by atoms with van der Waals surface area (Å²) in [6.07, 6.45) is -0.176. The molecule has 2 rings (SSSR count). The molecule has 2 N–H and O–H groups in total. The van der Waals surface area contributed by atoms with Crippen LogP contribution in [0.3, 0.4) is 0 Å². The molecular formula is C11H14BrN3OS. The Hall–Kier alpha value is -0.720. The van der Waals surface area contributed by atoms with Crippen molar-refractivity contribution in [3.8, 4) is 0 Å². The average molecular weight is 316 g/mol. The molecule has 2 heterocycles. The highest BCUT2D eigenvalue weighted by Gasteiger charge is 2.23. The van der Waals surface area contributed by atoms with Crippen molar-refractivity contribution in [3.63, 3.8) is 0 Å². The number of ether oxygens (including phenoxy) is 1. The van der Waals surface area contributed by atoms with E-state index in [0.717, 1.165) is 22.5 Å². The molecule has 0 amide bonds. The molecule has 1 unspecified atom stereocenters. The number of rotatable bonds is 2. The first kappa shape index (κ1) is 12.7. The Labute approximate surface area is 114 Å². The van der Waals surface area contributed by atoms with Crippen LogP contribution in [0.25, 0.3) is 0 Å². The number of aromatic nitrogens is 1. The van der Waals surface area contributed by atoms with Gasteiger partial charge in [-0.3, -0.25) is 0 Å². The van der Waals surface area contributed by atoms with E-state index in [0.29, 0.717) is 18.1 Å². The van der Waals surface area contributed by atoms with Gasteiger partial charge in [-0.15, -0.1) is 0 Å². The van der Waals surface area contributed by atoms with Gasteiger partial charge in [-0.2, -0.15) is 0 Å². The lowest BCUT2D eigenvalue weighted by atomic mass is 10.2. The maximum Gasteiger partial charge on any atom is 0.129 e. The number of thiocarbonyl (C=S) groups is 1. The molecule has 0 aliphatic carbocycles. The van der Waals surface area contributed by atoms with Gasteiger partial charge in [-0.05, 0) is 35.0 Å². The number of hydrogen-bond acceptors (Lipinski definition) is 4. The summed E-state index contributed by atoms with van der Waals surface area (Å²) in [7, 11) is 0. The van der Waals surface area contributed by atoms with Gasteiger partial charge < -0.3 is 15.4 Å². The number of nitrogens with zero attached hydrogens (tertiary/aromatic N) is 2. The van der Waals surface area contributed by atoms with E-state index in [1.54, 1.807) is 0 Å². The second-order valence-corrected chi connectivity index (χ2v) is 5.27. The molecule has 0 spiro atoms. The lowest BCUT2D eigenvalue weighted by molar-refractivity contribution is 0.0844. The molecule has 4 nitrogen and oxygen atoms in total. The third-order valence-corrected chi connectivity index (χ3v) is 3.82. The van der Waals surface area contributed by atoms with Crippen LogP contribution in [0.15, 0.2) is 16.6 Å². The summed E-state index contributed by atoms with van der Waals surface area (Å²) in [4.78, 5) is 7.08. The van der Waals surface area contributed by atoms with Gasteiger partial charge in [0.05, 0.1) is 18.8 Å². The minimum atomic E-state index is -0.176. The lowest BCUT2D eigenvalue weighted by Gasteiger charge is -2.33. The first-order valence-corrected chi connectivity index (χ1v) is 6.57. The van der Waals surface area contributed by atoms with E-state index in [-0.39, 0.29) is 6.10 Å². The predicted molar refractivity (Wildman–Crippen MR) is 75.4 cm³/mol. The molecule has 1 aromatic heterocycles. The maximum atomic E-state index is 5.61. The van der Waals surface area contributed by atoms with Crippen LogP contribution in [0.1, 0.15) is 5.69 Å². The van der Waals surface area contributed by atoms with Crippen LogP contribution in [0.2, 0.25) is 0 Å². The van der Waals surface area contributed by atoms with Gasteiger partial charge in [-0.1, -0.05) is 12.2 Å². The lowest BCUT2D eigenvalue weighted by Crippen LogP contribution is -2.48. The van der Waals surface area contributed by atoms with Crippen LogP contribution in [0.5, 0.6) is 0 Å². The van der Waals surface area contributed by atoms with Crippen LogP contribution in [-0.4, -0.2) is 35.8 Å². The number of nitrogens with two attached hydrogens (primary N) is 1. The molecule has 1 fully saturated rings. The van der Waals surface area contributed by atoms with Crippen LogP contribution in [-0.2, 0) is 4.74 Å². The smallest absolute Gasteiger partial charge is 0.129 e. The number of halogens is 1. The van der Waals surface area contributed by atoms with Crippen LogP contribution >= 0.6 is 28.1 Å². The molecule has 1 atom stereocenters. The Bertz CT molecular complexity index is 441.